The van der Waals surface area contributed by atoms with E-state index in [-0.39, 0.29) is 22.6 Å². The van der Waals surface area contributed by atoms with E-state index in [0.29, 0.717) is 5.69 Å². The summed E-state index contributed by atoms with van der Waals surface area (Å²) in [6.07, 6.45) is 1.33. The van der Waals surface area contributed by atoms with Gasteiger partial charge in [0.05, 0.1) is 11.3 Å². The largest absolute Gasteiger partial charge is 0.435 e. The topological polar surface area (TPSA) is 92.4 Å². The fourth-order valence-corrected chi connectivity index (χ4v) is 2.83. The molecule has 0 spiro atoms. The third-order valence-electron chi connectivity index (χ3n) is 4.38. The Morgan fingerprint density at radius 3 is 2.44 bits per heavy atom. The molecule has 10 heteroatoms. The van der Waals surface area contributed by atoms with Gasteiger partial charge in [-0.2, -0.15) is 8.78 Å². The van der Waals surface area contributed by atoms with Crippen molar-refractivity contribution in [3.8, 4) is 5.75 Å². The number of halogens is 3. The summed E-state index contributed by atoms with van der Waals surface area (Å²) in [5, 5.41) is 8.07. The smallest absolute Gasteiger partial charge is 0.387 e. The zero-order valence-electron chi connectivity index (χ0n) is 17.1. The molecule has 7 nitrogen and oxygen atoms in total. The maximum Gasteiger partial charge on any atom is 0.387 e. The second-order valence-corrected chi connectivity index (χ2v) is 6.65. The maximum atomic E-state index is 13.8. The van der Waals surface area contributed by atoms with Crippen LogP contribution in [0.2, 0.25) is 0 Å². The van der Waals surface area contributed by atoms with Gasteiger partial charge in [-0.25, -0.2) is 9.37 Å². The molecule has 0 unspecified atom stereocenters. The molecule has 1 heterocycles. The lowest BCUT2D eigenvalue weighted by molar-refractivity contribution is -0.0500. The molecule has 0 aliphatic heterocycles. The number of aryl methyl sites for hydroxylation is 1. The van der Waals surface area contributed by atoms with Crippen molar-refractivity contribution in [3.63, 3.8) is 0 Å². The molecule has 0 fully saturated rings. The number of rotatable bonds is 7. The van der Waals surface area contributed by atoms with Crippen molar-refractivity contribution in [1.29, 1.82) is 0 Å². The Labute approximate surface area is 181 Å². The van der Waals surface area contributed by atoms with E-state index in [0.717, 1.165) is 23.8 Å². The first kappa shape index (κ1) is 22.6. The van der Waals surface area contributed by atoms with E-state index in [1.54, 1.807) is 6.07 Å². The van der Waals surface area contributed by atoms with E-state index < -0.39 is 30.0 Å². The molecule has 3 N–H and O–H groups in total. The van der Waals surface area contributed by atoms with Crippen molar-refractivity contribution >= 4 is 29.0 Å². The van der Waals surface area contributed by atoms with Crippen LogP contribution < -0.4 is 20.7 Å². The van der Waals surface area contributed by atoms with Crippen LogP contribution >= 0.6 is 0 Å². The van der Waals surface area contributed by atoms with Gasteiger partial charge in [0.15, 0.2) is 5.82 Å². The highest BCUT2D eigenvalue weighted by Gasteiger charge is 2.17. The van der Waals surface area contributed by atoms with Crippen LogP contribution in [0.4, 0.5) is 30.4 Å². The Morgan fingerprint density at radius 1 is 1.00 bits per heavy atom. The number of nitrogens with one attached hydrogen (secondary N) is 3. The van der Waals surface area contributed by atoms with E-state index >= 15 is 0 Å². The van der Waals surface area contributed by atoms with E-state index in [4.69, 9.17) is 0 Å². The van der Waals surface area contributed by atoms with Crippen LogP contribution in [-0.2, 0) is 0 Å². The van der Waals surface area contributed by atoms with E-state index in [1.165, 1.54) is 19.3 Å². The molecular formula is C22H19F3N4O3. The molecule has 0 atom stereocenters. The fraction of sp³-hybridized carbons (Fsp3) is 0.136. The number of alkyl halides is 2. The molecule has 2 amide bonds. The molecule has 3 rings (SSSR count). The number of carbonyl (C=O) groups is 2. The summed E-state index contributed by atoms with van der Waals surface area (Å²) in [6, 6.07) is 11.3. The van der Waals surface area contributed by atoms with Gasteiger partial charge in [-0.1, -0.05) is 18.2 Å². The Morgan fingerprint density at radius 2 is 1.75 bits per heavy atom. The number of hydrogen-bond donors (Lipinski definition) is 3. The number of hydrogen-bond acceptors (Lipinski definition) is 5. The van der Waals surface area contributed by atoms with Gasteiger partial charge >= 0.3 is 6.61 Å². The predicted molar refractivity (Wildman–Crippen MR) is 113 cm³/mol. The summed E-state index contributed by atoms with van der Waals surface area (Å²) < 4.78 is 43.0. The first-order valence-electron chi connectivity index (χ1n) is 9.38. The molecule has 0 saturated heterocycles. The molecule has 0 bridgehead atoms. The molecule has 166 valence electrons. The van der Waals surface area contributed by atoms with Gasteiger partial charge in [0.25, 0.3) is 11.8 Å². The summed E-state index contributed by atoms with van der Waals surface area (Å²) >= 11 is 0. The maximum absolute atomic E-state index is 13.8. The lowest BCUT2D eigenvalue weighted by Gasteiger charge is -2.15. The quantitative estimate of drug-likeness (QED) is 0.500. The molecule has 32 heavy (non-hydrogen) atoms. The summed E-state index contributed by atoms with van der Waals surface area (Å²) in [6.45, 7) is -1.30. The Bertz CT molecular complexity index is 1160. The van der Waals surface area contributed by atoms with Crippen LogP contribution in [-0.4, -0.2) is 30.5 Å². The molecule has 0 radical (unpaired) electrons. The Hall–Kier alpha value is -4.08. The van der Waals surface area contributed by atoms with E-state index in [1.807, 2.05) is 25.1 Å². The number of anilines is 3. The predicted octanol–water partition coefficient (Wildman–Crippen LogP) is 4.49. The van der Waals surface area contributed by atoms with Crippen molar-refractivity contribution in [3.05, 3.63) is 77.2 Å². The Balaban J connectivity index is 1.96. The highest BCUT2D eigenvalue weighted by Crippen LogP contribution is 2.27. The number of pyridine rings is 1. The van der Waals surface area contributed by atoms with Gasteiger partial charge in [-0.15, -0.1) is 0 Å². The van der Waals surface area contributed by atoms with Crippen LogP contribution in [0.1, 0.15) is 26.3 Å². The zero-order valence-corrected chi connectivity index (χ0v) is 17.1. The first-order valence-corrected chi connectivity index (χ1v) is 9.38. The van der Waals surface area contributed by atoms with Crippen LogP contribution in [0.15, 0.2) is 54.7 Å². The lowest BCUT2D eigenvalue weighted by Crippen LogP contribution is -2.20. The second kappa shape index (κ2) is 9.82. The fourth-order valence-electron chi connectivity index (χ4n) is 2.83. The van der Waals surface area contributed by atoms with E-state index in [9.17, 15) is 22.8 Å². The average Bonchev–Trinajstić information content (AvgIpc) is 2.75. The molecule has 0 saturated carbocycles. The molecule has 1 aromatic heterocycles. The van der Waals surface area contributed by atoms with Crippen molar-refractivity contribution in [2.24, 2.45) is 0 Å². The third-order valence-corrected chi connectivity index (χ3v) is 4.38. The van der Waals surface area contributed by atoms with Gasteiger partial charge in [0.1, 0.15) is 11.6 Å². The molecular weight excluding hydrogens is 425 g/mol. The minimum atomic E-state index is -3.17. The number of nitrogens with zero attached hydrogens (tertiary/aromatic N) is 1. The zero-order chi connectivity index (χ0) is 23.3. The number of para-hydroxylation sites is 1. The number of amides is 2. The lowest BCUT2D eigenvalue weighted by atomic mass is 10.1. The van der Waals surface area contributed by atoms with Crippen LogP contribution in [0.5, 0.6) is 5.75 Å². The van der Waals surface area contributed by atoms with Crippen molar-refractivity contribution in [2.75, 3.05) is 17.7 Å². The number of benzene rings is 2. The number of carbonyl (C=O) groups excluding carboxylic acids is 2. The summed E-state index contributed by atoms with van der Waals surface area (Å²) in [7, 11) is 1.44. The average molecular weight is 444 g/mol. The molecule has 2 aromatic carbocycles. The number of ether oxygens (including phenoxy) is 1. The minimum Gasteiger partial charge on any atom is -0.435 e. The summed E-state index contributed by atoms with van der Waals surface area (Å²) in [4.78, 5) is 29.0. The summed E-state index contributed by atoms with van der Waals surface area (Å²) in [5.41, 5.74) is 1.65. The van der Waals surface area contributed by atoms with Crippen molar-refractivity contribution < 1.29 is 27.5 Å². The van der Waals surface area contributed by atoms with Gasteiger partial charge < -0.3 is 20.7 Å². The normalized spacial score (nSPS) is 10.6. The molecule has 3 aromatic rings. The Kier molecular flexibility index (Phi) is 6.93. The van der Waals surface area contributed by atoms with Crippen LogP contribution in [0, 0.1) is 12.7 Å². The van der Waals surface area contributed by atoms with E-state index in [2.05, 4.69) is 25.7 Å². The highest BCUT2D eigenvalue weighted by molar-refractivity contribution is 6.07. The van der Waals surface area contributed by atoms with Crippen molar-refractivity contribution in [2.45, 2.75) is 13.5 Å². The standard InChI is InChI=1S/C22H19F3N4O3/c1-12-5-3-4-6-17(12)28-19-18(9-14(11-27-19)20(30)26-2)29-21(31)13-7-15(23)10-16(8-13)32-22(24)25/h3-11,22H,1-2H3,(H,26,30)(H,27,28)(H,29,31). The van der Waals surface area contributed by atoms with Gasteiger partial charge in [-0.05, 0) is 36.8 Å². The van der Waals surface area contributed by atoms with Crippen molar-refractivity contribution in [1.82, 2.24) is 10.3 Å². The minimum absolute atomic E-state index is 0.125. The van der Waals surface area contributed by atoms with Crippen LogP contribution in [0.3, 0.4) is 0 Å². The monoisotopic (exact) mass is 444 g/mol. The van der Waals surface area contributed by atoms with Gasteiger partial charge in [-0.3, -0.25) is 9.59 Å². The second-order valence-electron chi connectivity index (χ2n) is 6.65. The first-order chi connectivity index (χ1) is 15.3. The third kappa shape index (κ3) is 5.54. The molecule has 0 aliphatic rings. The summed E-state index contributed by atoms with van der Waals surface area (Å²) in [5.74, 6) is -2.45. The highest BCUT2D eigenvalue weighted by atomic mass is 19.3. The SMILES string of the molecule is CNC(=O)c1cnc(Nc2ccccc2C)c(NC(=O)c2cc(F)cc(OC(F)F)c2)c1. The van der Waals surface area contributed by atoms with Crippen LogP contribution in [0.25, 0.3) is 0 Å². The molecule has 0 aliphatic carbocycles. The number of aromatic nitrogens is 1. The van der Waals surface area contributed by atoms with Gasteiger partial charge in [0, 0.05) is 30.6 Å². The van der Waals surface area contributed by atoms with Gasteiger partial charge in [0.2, 0.25) is 0 Å².